The summed E-state index contributed by atoms with van der Waals surface area (Å²) in [6.45, 7) is 0. The highest BCUT2D eigenvalue weighted by Crippen LogP contribution is 2.61. The number of hydrogen-bond donors (Lipinski definition) is 0. The largest absolute Gasteiger partial charge is 0.234 e. The predicted molar refractivity (Wildman–Crippen MR) is 102 cm³/mol. The molecule has 2 heterocycles. The lowest BCUT2D eigenvalue weighted by molar-refractivity contribution is -0.00565. The maximum atomic E-state index is 5.07. The van der Waals surface area contributed by atoms with E-state index in [4.69, 9.17) is 5.10 Å². The highest BCUT2D eigenvalue weighted by atomic mass is 79.9. The van der Waals surface area contributed by atoms with Crippen LogP contribution in [0.4, 0.5) is 0 Å². The van der Waals surface area contributed by atoms with Crippen molar-refractivity contribution in [2.75, 3.05) is 0 Å². The summed E-state index contributed by atoms with van der Waals surface area (Å²) in [6, 6.07) is 8.17. The Bertz CT molecular complexity index is 940. The molecule has 0 amide bonds. The van der Waals surface area contributed by atoms with E-state index in [-0.39, 0.29) is 0 Å². The van der Waals surface area contributed by atoms with Crippen molar-refractivity contribution in [2.45, 2.75) is 43.9 Å². The minimum atomic E-state index is 0.325. The van der Waals surface area contributed by atoms with E-state index in [1.165, 1.54) is 43.5 Å². The van der Waals surface area contributed by atoms with Gasteiger partial charge in [-0.15, -0.1) is 10.2 Å². The Kier molecular flexibility index (Phi) is 3.05. The van der Waals surface area contributed by atoms with E-state index in [0.29, 0.717) is 5.41 Å². The van der Waals surface area contributed by atoms with Crippen LogP contribution in [0.15, 0.2) is 28.7 Å². The lowest BCUT2D eigenvalue weighted by Crippen LogP contribution is -2.48. The second kappa shape index (κ2) is 5.13. The summed E-state index contributed by atoms with van der Waals surface area (Å²) in [7, 11) is 0. The Labute approximate surface area is 158 Å². The number of rotatable bonds is 2. The van der Waals surface area contributed by atoms with E-state index in [0.717, 1.165) is 38.6 Å². The summed E-state index contributed by atoms with van der Waals surface area (Å²) in [5, 5.41) is 15.2. The molecular weight excluding hydrogens is 396 g/mol. The van der Waals surface area contributed by atoms with Gasteiger partial charge in [0, 0.05) is 15.5 Å². The number of halogens is 1. The first-order chi connectivity index (χ1) is 12.2. The molecule has 7 rings (SSSR count). The summed E-state index contributed by atoms with van der Waals surface area (Å²) >= 11 is 5.41. The topological polar surface area (TPSA) is 43.1 Å². The molecular formula is C19H19BrN4S. The van der Waals surface area contributed by atoms with E-state index < -0.39 is 0 Å². The van der Waals surface area contributed by atoms with Gasteiger partial charge in [0.05, 0.1) is 0 Å². The Balaban J connectivity index is 1.47. The molecule has 0 radical (unpaired) electrons. The number of benzene rings is 1. The number of nitrogens with zero attached hydrogens (tertiary/aromatic N) is 4. The third-order valence-electron chi connectivity index (χ3n) is 6.60. The van der Waals surface area contributed by atoms with E-state index in [9.17, 15) is 0 Å². The number of hydrogen-bond acceptors (Lipinski definition) is 4. The molecule has 0 atom stereocenters. The fourth-order valence-corrected chi connectivity index (χ4v) is 7.53. The van der Waals surface area contributed by atoms with Crippen LogP contribution in [-0.4, -0.2) is 19.8 Å². The molecule has 3 aromatic rings. The van der Waals surface area contributed by atoms with Crippen molar-refractivity contribution in [1.82, 2.24) is 19.8 Å². The fourth-order valence-electron chi connectivity index (χ4n) is 6.01. The van der Waals surface area contributed by atoms with Gasteiger partial charge in [0.1, 0.15) is 5.01 Å². The second-order valence-corrected chi connectivity index (χ2v) is 10.1. The first-order valence-electron chi connectivity index (χ1n) is 9.18. The van der Waals surface area contributed by atoms with Gasteiger partial charge in [0.2, 0.25) is 4.96 Å². The maximum Gasteiger partial charge on any atom is 0.234 e. The van der Waals surface area contributed by atoms with Gasteiger partial charge in [-0.05, 0) is 68.4 Å². The van der Waals surface area contributed by atoms with Crippen LogP contribution in [0.5, 0.6) is 0 Å². The van der Waals surface area contributed by atoms with Crippen LogP contribution >= 0.6 is 27.3 Å². The summed E-state index contributed by atoms with van der Waals surface area (Å²) in [4.78, 5) is 0.927. The normalized spacial score (nSPS) is 33.4. The second-order valence-electron chi connectivity index (χ2n) is 8.30. The molecule has 0 unspecified atom stereocenters. The smallest absolute Gasteiger partial charge is 0.183 e. The quantitative estimate of drug-likeness (QED) is 0.586. The van der Waals surface area contributed by atoms with Crippen LogP contribution in [0.1, 0.15) is 43.5 Å². The molecule has 0 N–H and O–H groups in total. The summed E-state index contributed by atoms with van der Waals surface area (Å²) < 4.78 is 3.01. The van der Waals surface area contributed by atoms with Crippen molar-refractivity contribution >= 4 is 32.2 Å². The molecule has 4 aliphatic carbocycles. The lowest BCUT2D eigenvalue weighted by atomic mass is 9.50. The highest BCUT2D eigenvalue weighted by molar-refractivity contribution is 9.10. The van der Waals surface area contributed by atoms with Gasteiger partial charge in [-0.25, -0.2) is 0 Å². The minimum absolute atomic E-state index is 0.325. The van der Waals surface area contributed by atoms with E-state index in [2.05, 4.69) is 32.2 Å². The van der Waals surface area contributed by atoms with E-state index >= 15 is 0 Å². The Hall–Kier alpha value is -1.27. The SMILES string of the molecule is Brc1ccccc1-c1nnc2sc(C34CC5CC(CC(C5)C3)C4)nn12. The minimum Gasteiger partial charge on any atom is -0.183 e. The molecule has 4 aliphatic rings. The summed E-state index contributed by atoms with van der Waals surface area (Å²) in [6.07, 6.45) is 8.41. The molecule has 1 aromatic carbocycles. The molecule has 4 bridgehead atoms. The van der Waals surface area contributed by atoms with Gasteiger partial charge in [-0.3, -0.25) is 0 Å². The predicted octanol–water partition coefficient (Wildman–Crippen LogP) is 5.08. The van der Waals surface area contributed by atoms with Crippen LogP contribution in [0.3, 0.4) is 0 Å². The standard InChI is InChI=1S/C19H19BrN4S/c20-15-4-2-1-3-14(15)16-21-22-18-24(16)23-17(25-18)19-8-11-5-12(9-19)7-13(6-11)10-19/h1-4,11-13H,5-10H2. The van der Waals surface area contributed by atoms with Crippen LogP contribution in [0.2, 0.25) is 0 Å². The number of fused-ring (bicyclic) bond motifs is 1. The zero-order chi connectivity index (χ0) is 16.6. The van der Waals surface area contributed by atoms with E-state index in [1.807, 2.05) is 22.7 Å². The Morgan fingerprint density at radius 1 is 1.00 bits per heavy atom. The van der Waals surface area contributed by atoms with Crippen molar-refractivity contribution in [1.29, 1.82) is 0 Å². The molecule has 0 saturated heterocycles. The number of aromatic nitrogens is 4. The van der Waals surface area contributed by atoms with Gasteiger partial charge in [-0.1, -0.05) is 39.4 Å². The van der Waals surface area contributed by atoms with Gasteiger partial charge < -0.3 is 0 Å². The Morgan fingerprint density at radius 2 is 1.68 bits per heavy atom. The van der Waals surface area contributed by atoms with Crippen LogP contribution in [0.25, 0.3) is 16.3 Å². The van der Waals surface area contributed by atoms with Crippen LogP contribution in [0, 0.1) is 17.8 Å². The van der Waals surface area contributed by atoms with Crippen molar-refractivity contribution in [2.24, 2.45) is 17.8 Å². The van der Waals surface area contributed by atoms with Crippen molar-refractivity contribution in [3.63, 3.8) is 0 Å². The van der Waals surface area contributed by atoms with Gasteiger partial charge >= 0.3 is 0 Å². The zero-order valence-electron chi connectivity index (χ0n) is 13.9. The lowest BCUT2D eigenvalue weighted by Gasteiger charge is -2.55. The maximum absolute atomic E-state index is 5.07. The average molecular weight is 415 g/mol. The first kappa shape index (κ1) is 14.9. The summed E-state index contributed by atoms with van der Waals surface area (Å²) in [5.41, 5.74) is 1.38. The third kappa shape index (κ3) is 2.13. The first-order valence-corrected chi connectivity index (χ1v) is 10.8. The molecule has 25 heavy (non-hydrogen) atoms. The molecule has 2 aromatic heterocycles. The van der Waals surface area contributed by atoms with Crippen molar-refractivity contribution in [3.05, 3.63) is 33.7 Å². The molecule has 6 heteroatoms. The molecule has 4 fully saturated rings. The molecule has 4 saturated carbocycles. The zero-order valence-corrected chi connectivity index (χ0v) is 16.3. The molecule has 0 aliphatic heterocycles. The van der Waals surface area contributed by atoms with Gasteiger partial charge in [0.25, 0.3) is 0 Å². The van der Waals surface area contributed by atoms with Crippen LogP contribution in [-0.2, 0) is 5.41 Å². The highest BCUT2D eigenvalue weighted by Gasteiger charge is 2.53. The monoisotopic (exact) mass is 414 g/mol. The Morgan fingerprint density at radius 3 is 2.36 bits per heavy atom. The van der Waals surface area contributed by atoms with Crippen molar-refractivity contribution < 1.29 is 0 Å². The molecule has 128 valence electrons. The average Bonchev–Trinajstić information content (AvgIpc) is 3.15. The fraction of sp³-hybridized carbons (Fsp3) is 0.526. The summed E-state index contributed by atoms with van der Waals surface area (Å²) in [5.74, 6) is 3.64. The molecule has 0 spiro atoms. The third-order valence-corrected chi connectivity index (χ3v) is 8.43. The van der Waals surface area contributed by atoms with Crippen molar-refractivity contribution in [3.8, 4) is 11.4 Å². The van der Waals surface area contributed by atoms with Crippen LogP contribution < -0.4 is 0 Å². The molecule has 4 nitrogen and oxygen atoms in total. The van der Waals surface area contributed by atoms with Gasteiger partial charge in [0.15, 0.2) is 5.82 Å². The van der Waals surface area contributed by atoms with Gasteiger partial charge in [-0.2, -0.15) is 9.61 Å². The van der Waals surface area contributed by atoms with E-state index in [1.54, 1.807) is 11.3 Å².